The molecule has 0 saturated carbocycles. The lowest BCUT2D eigenvalue weighted by molar-refractivity contribution is -0.125. The van der Waals surface area contributed by atoms with Crippen LogP contribution in [-0.4, -0.2) is 46.5 Å². The van der Waals surface area contributed by atoms with Gasteiger partial charge in [0.1, 0.15) is 18.3 Å². The second-order valence-electron chi connectivity index (χ2n) is 2.28. The van der Waals surface area contributed by atoms with E-state index in [4.69, 9.17) is 21.1 Å². The number of rotatable bonds is 1. The molecule has 0 spiro atoms. The summed E-state index contributed by atoms with van der Waals surface area (Å²) in [6.07, 6.45) is -4.25. The van der Waals surface area contributed by atoms with Crippen molar-refractivity contribution in [2.75, 3.05) is 6.54 Å². The molecule has 5 nitrogen and oxygen atoms in total. The Morgan fingerprint density at radius 2 is 1.80 bits per heavy atom. The Bertz CT molecular complexity index is 120. The number of aliphatic hydroxyl groups excluding tert-OH is 3. The summed E-state index contributed by atoms with van der Waals surface area (Å²) in [6, 6.07) is 0. The summed E-state index contributed by atoms with van der Waals surface area (Å²) >= 11 is 0. The molecule has 0 aliphatic carbocycles. The minimum absolute atomic E-state index is 0.0925. The maximum absolute atomic E-state index is 9.01. The van der Waals surface area contributed by atoms with Gasteiger partial charge >= 0.3 is 0 Å². The Balaban J connectivity index is 2.53. The van der Waals surface area contributed by atoms with E-state index in [1.165, 1.54) is 0 Å². The fourth-order valence-electron chi connectivity index (χ4n) is 0.924. The molecular weight excluding hydrogens is 138 g/mol. The number of nitrogens with two attached hydrogens (primary N) is 1. The molecule has 0 bridgehead atoms. The van der Waals surface area contributed by atoms with Crippen LogP contribution in [0, 0.1) is 0 Å². The number of ether oxygens (including phenoxy) is 1. The van der Waals surface area contributed by atoms with E-state index in [9.17, 15) is 0 Å². The maximum Gasteiger partial charge on any atom is 0.184 e. The largest absolute Gasteiger partial charge is 0.387 e. The van der Waals surface area contributed by atoms with Crippen LogP contribution in [0.1, 0.15) is 0 Å². The Kier molecular flexibility index (Phi) is 2.22. The van der Waals surface area contributed by atoms with Crippen molar-refractivity contribution in [2.45, 2.75) is 24.6 Å². The standard InChI is InChI=1S/C5H11NO4/c6-1-2-3(7)4(8)5(9)10-2/h2-5,7-9H,1,6H2/t2-,3+,4+,5?/m1/s1. The summed E-state index contributed by atoms with van der Waals surface area (Å²) in [5.74, 6) is 0. The number of aliphatic hydroxyl groups is 3. The fraction of sp³-hybridized carbons (Fsp3) is 1.00. The summed E-state index contributed by atoms with van der Waals surface area (Å²) < 4.78 is 4.67. The van der Waals surface area contributed by atoms with Crippen LogP contribution in [0.2, 0.25) is 0 Å². The third-order valence-corrected chi connectivity index (χ3v) is 1.57. The molecule has 1 heterocycles. The van der Waals surface area contributed by atoms with Crippen molar-refractivity contribution in [3.63, 3.8) is 0 Å². The minimum Gasteiger partial charge on any atom is -0.387 e. The Hall–Kier alpha value is -0.200. The van der Waals surface area contributed by atoms with Crippen LogP contribution in [0.5, 0.6) is 0 Å². The lowest BCUT2D eigenvalue weighted by atomic mass is 10.1. The molecule has 0 aromatic carbocycles. The highest BCUT2D eigenvalue weighted by atomic mass is 16.6. The third kappa shape index (κ3) is 1.14. The first-order valence-corrected chi connectivity index (χ1v) is 3.06. The molecule has 60 valence electrons. The SMILES string of the molecule is NC[C@H]1OC(O)[C@@H](O)[C@H]1O. The normalized spacial score (nSPS) is 48.0. The zero-order valence-electron chi connectivity index (χ0n) is 5.34. The molecule has 1 fully saturated rings. The van der Waals surface area contributed by atoms with Crippen molar-refractivity contribution >= 4 is 0 Å². The highest BCUT2D eigenvalue weighted by Gasteiger charge is 2.40. The summed E-state index contributed by atoms with van der Waals surface area (Å²) in [7, 11) is 0. The summed E-state index contributed by atoms with van der Waals surface area (Å²) in [5, 5.41) is 26.7. The van der Waals surface area contributed by atoms with Crippen LogP contribution in [0.25, 0.3) is 0 Å². The van der Waals surface area contributed by atoms with Gasteiger partial charge in [0.25, 0.3) is 0 Å². The minimum atomic E-state index is -1.30. The van der Waals surface area contributed by atoms with Gasteiger partial charge in [0.2, 0.25) is 0 Å². The van der Waals surface area contributed by atoms with Crippen LogP contribution < -0.4 is 5.73 Å². The van der Waals surface area contributed by atoms with Crippen LogP contribution in [0.15, 0.2) is 0 Å². The molecule has 0 radical (unpaired) electrons. The van der Waals surface area contributed by atoms with Gasteiger partial charge in [-0.05, 0) is 0 Å². The van der Waals surface area contributed by atoms with Crippen molar-refractivity contribution in [1.29, 1.82) is 0 Å². The highest BCUT2D eigenvalue weighted by molar-refractivity contribution is 4.85. The molecule has 0 aromatic heterocycles. The zero-order chi connectivity index (χ0) is 7.72. The molecule has 1 unspecified atom stereocenters. The lowest BCUT2D eigenvalue weighted by Crippen LogP contribution is -2.35. The summed E-state index contributed by atoms with van der Waals surface area (Å²) in [4.78, 5) is 0. The summed E-state index contributed by atoms with van der Waals surface area (Å²) in [6.45, 7) is 0.0925. The monoisotopic (exact) mass is 149 g/mol. The highest BCUT2D eigenvalue weighted by Crippen LogP contribution is 2.17. The molecule has 5 heteroatoms. The number of hydrogen-bond donors (Lipinski definition) is 4. The van der Waals surface area contributed by atoms with Crippen molar-refractivity contribution in [2.24, 2.45) is 5.73 Å². The van der Waals surface area contributed by atoms with Gasteiger partial charge in [-0.15, -0.1) is 0 Å². The number of hydrogen-bond acceptors (Lipinski definition) is 5. The van der Waals surface area contributed by atoms with E-state index >= 15 is 0 Å². The topological polar surface area (TPSA) is 95.9 Å². The van der Waals surface area contributed by atoms with E-state index in [0.29, 0.717) is 0 Å². The Labute approximate surface area is 58.0 Å². The van der Waals surface area contributed by atoms with Crippen LogP contribution >= 0.6 is 0 Å². The van der Waals surface area contributed by atoms with Gasteiger partial charge in [-0.1, -0.05) is 0 Å². The molecule has 0 aromatic rings. The van der Waals surface area contributed by atoms with Gasteiger partial charge in [0.05, 0.1) is 0 Å². The van der Waals surface area contributed by atoms with Gasteiger partial charge in [0, 0.05) is 6.54 Å². The second kappa shape index (κ2) is 2.81. The molecule has 1 saturated heterocycles. The van der Waals surface area contributed by atoms with E-state index in [2.05, 4.69) is 4.74 Å². The van der Waals surface area contributed by atoms with Crippen molar-refractivity contribution in [1.82, 2.24) is 0 Å². The van der Waals surface area contributed by atoms with Crippen molar-refractivity contribution < 1.29 is 20.1 Å². The molecule has 1 aliphatic heterocycles. The fourth-order valence-corrected chi connectivity index (χ4v) is 0.924. The van der Waals surface area contributed by atoms with Gasteiger partial charge < -0.3 is 25.8 Å². The van der Waals surface area contributed by atoms with E-state index in [1.54, 1.807) is 0 Å². The van der Waals surface area contributed by atoms with E-state index in [-0.39, 0.29) is 6.54 Å². The molecular formula is C5H11NO4. The quantitative estimate of drug-likeness (QED) is 0.327. The van der Waals surface area contributed by atoms with E-state index in [1.807, 2.05) is 0 Å². The van der Waals surface area contributed by atoms with Gasteiger partial charge in [-0.2, -0.15) is 0 Å². The molecule has 0 amide bonds. The molecule has 1 aliphatic rings. The van der Waals surface area contributed by atoms with Crippen molar-refractivity contribution in [3.8, 4) is 0 Å². The molecule has 5 N–H and O–H groups in total. The third-order valence-electron chi connectivity index (χ3n) is 1.57. The molecule has 10 heavy (non-hydrogen) atoms. The lowest BCUT2D eigenvalue weighted by Gasteiger charge is -2.10. The Morgan fingerprint density at radius 1 is 1.20 bits per heavy atom. The first kappa shape index (κ1) is 7.90. The first-order valence-electron chi connectivity index (χ1n) is 3.06. The van der Waals surface area contributed by atoms with E-state index < -0.39 is 24.6 Å². The van der Waals surface area contributed by atoms with Crippen LogP contribution in [0.4, 0.5) is 0 Å². The predicted octanol–water partition coefficient (Wildman–Crippen LogP) is -2.62. The van der Waals surface area contributed by atoms with Gasteiger partial charge in [-0.25, -0.2) is 0 Å². The smallest absolute Gasteiger partial charge is 0.184 e. The van der Waals surface area contributed by atoms with Gasteiger partial charge in [-0.3, -0.25) is 0 Å². The first-order chi connectivity index (χ1) is 4.66. The Morgan fingerprint density at radius 3 is 2.00 bits per heavy atom. The van der Waals surface area contributed by atoms with Gasteiger partial charge in [0.15, 0.2) is 6.29 Å². The average Bonchev–Trinajstić information content (AvgIpc) is 2.17. The van der Waals surface area contributed by atoms with Crippen LogP contribution in [0.3, 0.4) is 0 Å². The van der Waals surface area contributed by atoms with Crippen LogP contribution in [-0.2, 0) is 4.74 Å². The predicted molar refractivity (Wildman–Crippen MR) is 31.9 cm³/mol. The summed E-state index contributed by atoms with van der Waals surface area (Å²) in [5.41, 5.74) is 5.14. The maximum atomic E-state index is 9.01. The second-order valence-corrected chi connectivity index (χ2v) is 2.28. The zero-order valence-corrected chi connectivity index (χ0v) is 5.34. The van der Waals surface area contributed by atoms with Crippen molar-refractivity contribution in [3.05, 3.63) is 0 Å². The average molecular weight is 149 g/mol. The van der Waals surface area contributed by atoms with E-state index in [0.717, 1.165) is 0 Å². The molecule has 1 rings (SSSR count). The molecule has 4 atom stereocenters.